The highest BCUT2D eigenvalue weighted by Crippen LogP contribution is 2.27. The molecule has 0 heterocycles. The van der Waals surface area contributed by atoms with Crippen LogP contribution < -0.4 is 5.32 Å². The second-order valence-corrected chi connectivity index (χ2v) is 6.47. The summed E-state index contributed by atoms with van der Waals surface area (Å²) in [5, 5.41) is 12.9. The SMILES string of the molecule is CC(C)SCC(=O)NC1(CO)CCCCC1. The molecule has 0 aromatic heterocycles. The van der Waals surface area contributed by atoms with Crippen molar-refractivity contribution in [2.45, 2.75) is 56.7 Å². The maximum Gasteiger partial charge on any atom is 0.230 e. The van der Waals surface area contributed by atoms with E-state index >= 15 is 0 Å². The predicted molar refractivity (Wildman–Crippen MR) is 68.6 cm³/mol. The summed E-state index contributed by atoms with van der Waals surface area (Å²) in [6.45, 7) is 4.24. The normalized spacial score (nSPS) is 19.8. The van der Waals surface area contributed by atoms with Gasteiger partial charge in [-0.05, 0) is 18.1 Å². The van der Waals surface area contributed by atoms with E-state index in [2.05, 4.69) is 19.2 Å². The van der Waals surface area contributed by atoms with Gasteiger partial charge in [-0.2, -0.15) is 0 Å². The first-order chi connectivity index (χ1) is 7.58. The van der Waals surface area contributed by atoms with Gasteiger partial charge in [-0.25, -0.2) is 0 Å². The molecule has 0 radical (unpaired) electrons. The lowest BCUT2D eigenvalue weighted by molar-refractivity contribution is -0.121. The number of carbonyl (C=O) groups is 1. The number of nitrogens with one attached hydrogen (secondary N) is 1. The van der Waals surface area contributed by atoms with Crippen LogP contribution in [0.1, 0.15) is 46.0 Å². The molecular weight excluding hydrogens is 222 g/mol. The predicted octanol–water partition coefficient (Wildman–Crippen LogP) is 1.94. The molecule has 0 aliphatic heterocycles. The van der Waals surface area contributed by atoms with E-state index < -0.39 is 0 Å². The van der Waals surface area contributed by atoms with E-state index in [9.17, 15) is 9.90 Å². The minimum atomic E-state index is -0.327. The zero-order chi connectivity index (χ0) is 12.0. The monoisotopic (exact) mass is 245 g/mol. The van der Waals surface area contributed by atoms with Crippen LogP contribution in [0.15, 0.2) is 0 Å². The van der Waals surface area contributed by atoms with Gasteiger partial charge in [0, 0.05) is 0 Å². The van der Waals surface area contributed by atoms with Gasteiger partial charge in [0.05, 0.1) is 17.9 Å². The van der Waals surface area contributed by atoms with E-state index in [-0.39, 0.29) is 18.1 Å². The fraction of sp³-hybridized carbons (Fsp3) is 0.917. The third kappa shape index (κ3) is 4.34. The van der Waals surface area contributed by atoms with E-state index in [4.69, 9.17) is 0 Å². The molecule has 1 aliphatic rings. The van der Waals surface area contributed by atoms with Crippen molar-refractivity contribution >= 4 is 17.7 Å². The van der Waals surface area contributed by atoms with Crippen molar-refractivity contribution in [2.75, 3.05) is 12.4 Å². The van der Waals surface area contributed by atoms with Crippen LogP contribution in [0.4, 0.5) is 0 Å². The van der Waals surface area contributed by atoms with Crippen molar-refractivity contribution in [1.29, 1.82) is 0 Å². The molecule has 0 atom stereocenters. The second-order valence-electron chi connectivity index (χ2n) is 4.91. The molecule has 3 nitrogen and oxygen atoms in total. The molecule has 94 valence electrons. The Kier molecular flexibility index (Phi) is 5.62. The average molecular weight is 245 g/mol. The van der Waals surface area contributed by atoms with Gasteiger partial charge in [-0.1, -0.05) is 33.1 Å². The fourth-order valence-corrected chi connectivity index (χ4v) is 2.68. The van der Waals surface area contributed by atoms with E-state index in [1.807, 2.05) is 0 Å². The molecular formula is C12H23NO2S. The molecule has 1 fully saturated rings. The third-order valence-corrected chi connectivity index (χ3v) is 4.16. The van der Waals surface area contributed by atoms with Gasteiger partial charge in [-0.3, -0.25) is 4.79 Å². The van der Waals surface area contributed by atoms with Crippen LogP contribution in [0.3, 0.4) is 0 Å². The van der Waals surface area contributed by atoms with E-state index in [0.29, 0.717) is 11.0 Å². The topological polar surface area (TPSA) is 49.3 Å². The van der Waals surface area contributed by atoms with Crippen molar-refractivity contribution in [2.24, 2.45) is 0 Å². The van der Waals surface area contributed by atoms with Crippen LogP contribution in [0.25, 0.3) is 0 Å². The maximum absolute atomic E-state index is 11.7. The van der Waals surface area contributed by atoms with Crippen LogP contribution in [0.5, 0.6) is 0 Å². The summed E-state index contributed by atoms with van der Waals surface area (Å²) in [4.78, 5) is 11.7. The summed E-state index contributed by atoms with van der Waals surface area (Å²) >= 11 is 1.64. The minimum absolute atomic E-state index is 0.0645. The van der Waals surface area contributed by atoms with Gasteiger partial charge in [0.1, 0.15) is 0 Å². The van der Waals surface area contributed by atoms with Crippen molar-refractivity contribution in [1.82, 2.24) is 5.32 Å². The van der Waals surface area contributed by atoms with Crippen LogP contribution in [-0.4, -0.2) is 34.2 Å². The number of carbonyl (C=O) groups excluding carboxylic acids is 1. The van der Waals surface area contributed by atoms with Crippen LogP contribution in [0, 0.1) is 0 Å². The molecule has 16 heavy (non-hydrogen) atoms. The number of aliphatic hydroxyl groups is 1. The first kappa shape index (κ1) is 13.8. The molecule has 1 saturated carbocycles. The van der Waals surface area contributed by atoms with E-state index in [0.717, 1.165) is 25.7 Å². The van der Waals surface area contributed by atoms with E-state index in [1.54, 1.807) is 11.8 Å². The summed E-state index contributed by atoms with van der Waals surface area (Å²) in [5.74, 6) is 0.564. The molecule has 0 saturated heterocycles. The number of amides is 1. The van der Waals surface area contributed by atoms with Gasteiger partial charge in [0.15, 0.2) is 0 Å². The summed E-state index contributed by atoms with van der Waals surface area (Å²) in [6.07, 6.45) is 5.28. The molecule has 0 bridgehead atoms. The summed E-state index contributed by atoms with van der Waals surface area (Å²) in [6, 6.07) is 0. The number of aliphatic hydroxyl groups excluding tert-OH is 1. The molecule has 1 amide bonds. The van der Waals surface area contributed by atoms with Gasteiger partial charge in [0.2, 0.25) is 5.91 Å². The lowest BCUT2D eigenvalue weighted by Gasteiger charge is -2.36. The third-order valence-electron chi connectivity index (χ3n) is 3.07. The Bertz CT molecular complexity index is 225. The Morgan fingerprint density at radius 2 is 2.00 bits per heavy atom. The van der Waals surface area contributed by atoms with Crippen molar-refractivity contribution < 1.29 is 9.90 Å². The molecule has 4 heteroatoms. The molecule has 0 aromatic rings. The lowest BCUT2D eigenvalue weighted by Crippen LogP contribution is -2.53. The second kappa shape index (κ2) is 6.50. The van der Waals surface area contributed by atoms with Crippen molar-refractivity contribution in [3.63, 3.8) is 0 Å². The van der Waals surface area contributed by atoms with Crippen molar-refractivity contribution in [3.05, 3.63) is 0 Å². The minimum Gasteiger partial charge on any atom is -0.394 e. The Labute approximate surface area is 102 Å². The highest BCUT2D eigenvalue weighted by molar-refractivity contribution is 8.00. The van der Waals surface area contributed by atoms with Gasteiger partial charge < -0.3 is 10.4 Å². The Morgan fingerprint density at radius 3 is 2.50 bits per heavy atom. The smallest absolute Gasteiger partial charge is 0.230 e. The van der Waals surface area contributed by atoms with Crippen LogP contribution >= 0.6 is 11.8 Å². The first-order valence-corrected chi connectivity index (χ1v) is 7.16. The van der Waals surface area contributed by atoms with Crippen LogP contribution in [0.2, 0.25) is 0 Å². The number of thioether (sulfide) groups is 1. The number of hydrogen-bond donors (Lipinski definition) is 2. The Morgan fingerprint density at radius 1 is 1.38 bits per heavy atom. The maximum atomic E-state index is 11.7. The molecule has 1 rings (SSSR count). The summed E-state index contributed by atoms with van der Waals surface area (Å²) < 4.78 is 0. The largest absolute Gasteiger partial charge is 0.394 e. The van der Waals surface area contributed by atoms with Crippen LogP contribution in [-0.2, 0) is 4.79 Å². The molecule has 2 N–H and O–H groups in total. The van der Waals surface area contributed by atoms with Gasteiger partial charge in [0.25, 0.3) is 0 Å². The van der Waals surface area contributed by atoms with Crippen molar-refractivity contribution in [3.8, 4) is 0 Å². The average Bonchev–Trinajstić information content (AvgIpc) is 2.28. The number of rotatable bonds is 5. The van der Waals surface area contributed by atoms with E-state index in [1.165, 1.54) is 6.42 Å². The highest BCUT2D eigenvalue weighted by atomic mass is 32.2. The summed E-state index contributed by atoms with van der Waals surface area (Å²) in [5.41, 5.74) is -0.327. The Balaban J connectivity index is 2.39. The lowest BCUT2D eigenvalue weighted by atomic mass is 9.82. The molecule has 0 unspecified atom stereocenters. The molecule has 0 aromatic carbocycles. The van der Waals surface area contributed by atoms with Gasteiger partial charge >= 0.3 is 0 Å². The number of hydrogen-bond acceptors (Lipinski definition) is 3. The Hall–Kier alpha value is -0.220. The first-order valence-electron chi connectivity index (χ1n) is 6.11. The zero-order valence-corrected chi connectivity index (χ0v) is 11.1. The molecule has 0 spiro atoms. The summed E-state index contributed by atoms with van der Waals surface area (Å²) in [7, 11) is 0. The highest BCUT2D eigenvalue weighted by Gasteiger charge is 2.32. The zero-order valence-electron chi connectivity index (χ0n) is 10.3. The van der Waals surface area contributed by atoms with Gasteiger partial charge in [-0.15, -0.1) is 11.8 Å². The standard InChI is InChI=1S/C12H23NO2S/c1-10(2)16-8-11(15)13-12(9-14)6-4-3-5-7-12/h10,14H,3-9H2,1-2H3,(H,13,15). The molecule has 1 aliphatic carbocycles. The quantitative estimate of drug-likeness (QED) is 0.778. The fourth-order valence-electron chi connectivity index (χ4n) is 2.13.